The molecule has 2 aliphatic rings. The van der Waals surface area contributed by atoms with Gasteiger partial charge in [-0.1, -0.05) is 6.42 Å². The van der Waals surface area contributed by atoms with Gasteiger partial charge in [0.1, 0.15) is 0 Å². The van der Waals surface area contributed by atoms with Crippen molar-refractivity contribution >= 4 is 38.3 Å². The van der Waals surface area contributed by atoms with E-state index in [4.69, 9.17) is 0 Å². The van der Waals surface area contributed by atoms with Gasteiger partial charge in [-0.2, -0.15) is 4.31 Å². The number of fused-ring (bicyclic) bond motifs is 1. The summed E-state index contributed by atoms with van der Waals surface area (Å²) in [5, 5.41) is 2.87. The molecule has 33 heavy (non-hydrogen) atoms. The fourth-order valence-electron chi connectivity index (χ4n) is 4.65. The molecule has 2 saturated heterocycles. The number of amides is 1. The number of aromatic nitrogens is 2. The Morgan fingerprint density at radius 2 is 1.55 bits per heavy atom. The fraction of sp³-hybridized carbons (Fsp3) is 0.391. The van der Waals surface area contributed by atoms with E-state index in [0.29, 0.717) is 35.4 Å². The molecule has 0 radical (unpaired) electrons. The van der Waals surface area contributed by atoms with Crippen molar-refractivity contribution in [1.82, 2.24) is 14.3 Å². The van der Waals surface area contributed by atoms with Crippen LogP contribution in [0.25, 0.3) is 11.0 Å². The number of anilines is 2. The van der Waals surface area contributed by atoms with E-state index in [9.17, 15) is 18.0 Å². The predicted molar refractivity (Wildman–Crippen MR) is 127 cm³/mol. The molecule has 3 heterocycles. The topological polar surface area (TPSA) is 118 Å². The van der Waals surface area contributed by atoms with Crippen LogP contribution >= 0.6 is 0 Å². The molecule has 0 bridgehead atoms. The Labute approximate surface area is 191 Å². The third kappa shape index (κ3) is 4.28. The number of benzene rings is 2. The van der Waals surface area contributed by atoms with Crippen LogP contribution in [0.5, 0.6) is 0 Å². The van der Waals surface area contributed by atoms with Gasteiger partial charge in [0.15, 0.2) is 0 Å². The summed E-state index contributed by atoms with van der Waals surface area (Å²) in [6, 6.07) is 9.96. The maximum absolute atomic E-state index is 13.4. The highest BCUT2D eigenvalue weighted by molar-refractivity contribution is 7.89. The Morgan fingerprint density at radius 3 is 2.30 bits per heavy atom. The highest BCUT2D eigenvalue weighted by Gasteiger charge is 2.28. The number of hydrogen-bond acceptors (Lipinski definition) is 5. The van der Waals surface area contributed by atoms with E-state index < -0.39 is 10.0 Å². The lowest BCUT2D eigenvalue weighted by molar-refractivity contribution is 0.102. The summed E-state index contributed by atoms with van der Waals surface area (Å²) < 4.78 is 28.0. The summed E-state index contributed by atoms with van der Waals surface area (Å²) in [5.41, 5.74) is 2.49. The predicted octanol–water partition coefficient (Wildman–Crippen LogP) is 2.88. The van der Waals surface area contributed by atoms with Crippen molar-refractivity contribution in [3.8, 4) is 0 Å². The molecular formula is C23H27N5O4S. The summed E-state index contributed by atoms with van der Waals surface area (Å²) in [7, 11) is -3.67. The van der Waals surface area contributed by atoms with Gasteiger partial charge in [0.05, 0.1) is 21.5 Å². The number of piperidine rings is 1. The normalized spacial score (nSPS) is 17.5. The Kier molecular flexibility index (Phi) is 5.71. The van der Waals surface area contributed by atoms with E-state index >= 15 is 0 Å². The van der Waals surface area contributed by atoms with Gasteiger partial charge in [-0.25, -0.2) is 13.2 Å². The van der Waals surface area contributed by atoms with Crippen LogP contribution in [0.1, 0.15) is 42.5 Å². The van der Waals surface area contributed by atoms with Crippen molar-refractivity contribution in [2.75, 3.05) is 36.4 Å². The van der Waals surface area contributed by atoms with E-state index in [0.717, 1.165) is 50.9 Å². The largest absolute Gasteiger partial charge is 0.371 e. The van der Waals surface area contributed by atoms with Crippen LogP contribution in [0.4, 0.5) is 11.4 Å². The van der Waals surface area contributed by atoms with Crippen molar-refractivity contribution in [3.05, 3.63) is 52.4 Å². The van der Waals surface area contributed by atoms with E-state index in [1.807, 2.05) is 0 Å². The number of rotatable bonds is 5. The summed E-state index contributed by atoms with van der Waals surface area (Å²) in [6.07, 6.45) is 4.80. The van der Waals surface area contributed by atoms with Crippen molar-refractivity contribution in [3.63, 3.8) is 0 Å². The lowest BCUT2D eigenvalue weighted by Crippen LogP contribution is -2.35. The zero-order chi connectivity index (χ0) is 23.0. The minimum absolute atomic E-state index is 0.142. The first-order valence-corrected chi connectivity index (χ1v) is 12.8. The van der Waals surface area contributed by atoms with E-state index in [1.165, 1.54) is 10.4 Å². The monoisotopic (exact) mass is 469 g/mol. The van der Waals surface area contributed by atoms with Gasteiger partial charge in [0.25, 0.3) is 5.91 Å². The second-order valence-corrected chi connectivity index (χ2v) is 10.6. The number of nitrogens with one attached hydrogen (secondary N) is 3. The lowest BCUT2D eigenvalue weighted by Gasteiger charge is -2.27. The van der Waals surface area contributed by atoms with Gasteiger partial charge in [-0.3, -0.25) is 4.79 Å². The van der Waals surface area contributed by atoms with Gasteiger partial charge in [0.2, 0.25) is 10.0 Å². The molecule has 0 aliphatic carbocycles. The van der Waals surface area contributed by atoms with Gasteiger partial charge in [-0.05, 0) is 62.1 Å². The van der Waals surface area contributed by atoms with E-state index in [-0.39, 0.29) is 16.5 Å². The molecule has 0 saturated carbocycles. The molecule has 5 rings (SSSR count). The first kappa shape index (κ1) is 21.7. The highest BCUT2D eigenvalue weighted by atomic mass is 32.2. The molecule has 174 valence electrons. The van der Waals surface area contributed by atoms with Gasteiger partial charge < -0.3 is 20.2 Å². The summed E-state index contributed by atoms with van der Waals surface area (Å²) in [6.45, 7) is 2.67. The van der Waals surface area contributed by atoms with Crippen LogP contribution in [0, 0.1) is 0 Å². The van der Waals surface area contributed by atoms with Crippen LogP contribution in [-0.2, 0) is 10.0 Å². The molecule has 0 spiro atoms. The number of nitrogens with zero attached hydrogens (tertiary/aromatic N) is 2. The fourth-order valence-corrected chi connectivity index (χ4v) is 6.20. The van der Waals surface area contributed by atoms with Crippen LogP contribution in [0.15, 0.2) is 46.1 Å². The Bertz CT molecular complexity index is 1350. The molecule has 3 N–H and O–H groups in total. The van der Waals surface area contributed by atoms with Crippen molar-refractivity contribution < 1.29 is 13.2 Å². The standard InChI is InChI=1S/C23H27N5O4S/c29-22(24-16-6-8-19-20(14-16)26-23(30)25-19)18-15-17(7-9-21(18)27-10-4-5-11-27)33(31,32)28-12-2-1-3-13-28/h6-9,14-15H,1-5,10-13H2,(H,24,29)(H2,25,26,30). The number of carbonyl (C=O) groups excluding carboxylic acids is 1. The number of hydrogen-bond donors (Lipinski definition) is 3. The Hall–Kier alpha value is -3.11. The minimum Gasteiger partial charge on any atom is -0.371 e. The lowest BCUT2D eigenvalue weighted by atomic mass is 10.1. The number of carbonyl (C=O) groups is 1. The van der Waals surface area contributed by atoms with E-state index in [1.54, 1.807) is 30.3 Å². The summed E-state index contributed by atoms with van der Waals surface area (Å²) in [5.74, 6) is -0.384. The molecule has 9 nitrogen and oxygen atoms in total. The maximum atomic E-state index is 13.4. The molecule has 2 fully saturated rings. The van der Waals surface area contributed by atoms with Crippen molar-refractivity contribution in [1.29, 1.82) is 0 Å². The molecule has 3 aromatic rings. The zero-order valence-electron chi connectivity index (χ0n) is 18.3. The highest BCUT2D eigenvalue weighted by Crippen LogP contribution is 2.30. The molecule has 2 aromatic carbocycles. The second-order valence-electron chi connectivity index (χ2n) is 8.63. The van der Waals surface area contributed by atoms with Crippen LogP contribution in [-0.4, -0.2) is 54.8 Å². The molecule has 1 aromatic heterocycles. The van der Waals surface area contributed by atoms with Crippen LogP contribution < -0.4 is 15.9 Å². The summed E-state index contributed by atoms with van der Waals surface area (Å²) in [4.78, 5) is 32.5. The zero-order valence-corrected chi connectivity index (χ0v) is 19.1. The van der Waals surface area contributed by atoms with Crippen molar-refractivity contribution in [2.45, 2.75) is 37.0 Å². The first-order chi connectivity index (χ1) is 15.9. The Balaban J connectivity index is 1.50. The number of H-pyrrole nitrogens is 2. The molecule has 1 amide bonds. The second kappa shape index (κ2) is 8.68. The molecule has 0 unspecified atom stereocenters. The molecule has 10 heteroatoms. The quantitative estimate of drug-likeness (QED) is 0.531. The average Bonchev–Trinajstić information content (AvgIpc) is 3.48. The smallest absolute Gasteiger partial charge is 0.323 e. The first-order valence-electron chi connectivity index (χ1n) is 11.3. The van der Waals surface area contributed by atoms with Crippen molar-refractivity contribution in [2.24, 2.45) is 0 Å². The van der Waals surface area contributed by atoms with Crippen LogP contribution in [0.3, 0.4) is 0 Å². The van der Waals surface area contributed by atoms with E-state index in [2.05, 4.69) is 20.2 Å². The van der Waals surface area contributed by atoms with Gasteiger partial charge >= 0.3 is 5.69 Å². The minimum atomic E-state index is -3.67. The summed E-state index contributed by atoms with van der Waals surface area (Å²) >= 11 is 0. The molecule has 2 aliphatic heterocycles. The third-order valence-corrected chi connectivity index (χ3v) is 8.28. The number of aromatic amines is 2. The average molecular weight is 470 g/mol. The maximum Gasteiger partial charge on any atom is 0.323 e. The van der Waals surface area contributed by atoms with Gasteiger partial charge in [0, 0.05) is 37.6 Å². The van der Waals surface area contributed by atoms with Crippen LogP contribution in [0.2, 0.25) is 0 Å². The third-order valence-electron chi connectivity index (χ3n) is 6.39. The molecular weight excluding hydrogens is 442 g/mol. The van der Waals surface area contributed by atoms with Gasteiger partial charge in [-0.15, -0.1) is 0 Å². The Morgan fingerprint density at radius 1 is 0.848 bits per heavy atom. The number of imidazole rings is 1. The molecule has 0 atom stereocenters. The number of sulfonamides is 1. The SMILES string of the molecule is O=C(Nc1ccc2[nH]c(=O)[nH]c2c1)c1cc(S(=O)(=O)N2CCCCC2)ccc1N1CCCC1.